The van der Waals surface area contributed by atoms with Crippen molar-refractivity contribution < 1.29 is 37.9 Å². The summed E-state index contributed by atoms with van der Waals surface area (Å²) < 4.78 is 59.3. The lowest BCUT2D eigenvalue weighted by Crippen LogP contribution is -2.19. The van der Waals surface area contributed by atoms with Gasteiger partial charge >= 0.3 is 0 Å². The fourth-order valence-electron chi connectivity index (χ4n) is 11.0. The molecule has 2 heterocycles. The van der Waals surface area contributed by atoms with E-state index >= 15 is 0 Å². The van der Waals surface area contributed by atoms with Gasteiger partial charge in [0.1, 0.15) is 52.9 Å². The van der Waals surface area contributed by atoms with Gasteiger partial charge in [0.2, 0.25) is 23.3 Å². The highest BCUT2D eigenvalue weighted by Crippen LogP contribution is 2.59. The van der Waals surface area contributed by atoms with Crippen molar-refractivity contribution in [3.63, 3.8) is 0 Å². The maximum Gasteiger partial charge on any atom is 0.218 e. The lowest BCUT2D eigenvalue weighted by Gasteiger charge is -2.30. The predicted molar refractivity (Wildman–Crippen MR) is 348 cm³/mol. The molecule has 0 radical (unpaired) electrons. The van der Waals surface area contributed by atoms with Crippen LogP contribution in [0.4, 0.5) is 0 Å². The molecule has 0 saturated carbocycles. The second-order valence-electron chi connectivity index (χ2n) is 23.4. The van der Waals surface area contributed by atoms with Crippen LogP contribution in [-0.2, 0) is 62.0 Å². The highest BCUT2D eigenvalue weighted by Gasteiger charge is 2.43. The maximum atomic E-state index is 7.66. The van der Waals surface area contributed by atoms with Crippen molar-refractivity contribution in [2.75, 3.05) is 13.2 Å². The largest absolute Gasteiger partial charge is 0.485 e. The summed E-state index contributed by atoms with van der Waals surface area (Å²) in [5.41, 5.74) is 10.2. The van der Waals surface area contributed by atoms with E-state index in [4.69, 9.17) is 47.9 Å². The number of hydrogen-bond donors (Lipinski definition) is 0. The standard InChI is InChI=1S/C78H72N2O8/c1-77(2)53-87-75(79-77)65-63(45-55-29-13-5-14-30-55)69(81-47-57-33-17-7-18-34-57)73(85-51-61-41-25-11-26-42-61)71(83-49-59-37-21-9-22-38-59)67(65)68-66(76-80-78(3,4)54-88-76)64(46-56-31-15-6-16-32-56)70(82-48-58-35-19-8-20-36-58)74(86-52-62-43-27-12-28-44-62)72(68)84-50-60-39-23-10-24-40-60/h5-44H,45-54H2,1-4H3. The van der Waals surface area contributed by atoms with Crippen molar-refractivity contribution in [2.45, 2.75) is 91.3 Å². The van der Waals surface area contributed by atoms with E-state index in [1.807, 2.05) is 121 Å². The van der Waals surface area contributed by atoms with Crippen molar-refractivity contribution in [1.82, 2.24) is 0 Å². The number of ether oxygens (including phenoxy) is 8. The molecular formula is C78H72N2O8. The van der Waals surface area contributed by atoms with Gasteiger partial charge in [0.25, 0.3) is 0 Å². The molecule has 0 saturated heterocycles. The molecule has 0 aliphatic carbocycles. The van der Waals surface area contributed by atoms with E-state index in [1.165, 1.54) is 0 Å². The van der Waals surface area contributed by atoms with E-state index < -0.39 is 11.1 Å². The van der Waals surface area contributed by atoms with E-state index in [9.17, 15) is 0 Å². The first-order valence-electron chi connectivity index (χ1n) is 30.1. The van der Waals surface area contributed by atoms with Crippen LogP contribution >= 0.6 is 0 Å². The normalized spacial score (nSPS) is 13.8. The van der Waals surface area contributed by atoms with E-state index in [2.05, 4.69) is 149 Å². The van der Waals surface area contributed by atoms with Crippen LogP contribution in [0.2, 0.25) is 0 Å². The summed E-state index contributed by atoms with van der Waals surface area (Å²) in [4.78, 5) is 11.1. The van der Waals surface area contributed by atoms with Crippen LogP contribution in [0.25, 0.3) is 11.1 Å². The van der Waals surface area contributed by atoms with E-state index in [0.29, 0.717) is 94.6 Å². The number of hydrogen-bond acceptors (Lipinski definition) is 10. The summed E-state index contributed by atoms with van der Waals surface area (Å²) in [5, 5.41) is 0. The third-order valence-electron chi connectivity index (χ3n) is 15.3. The van der Waals surface area contributed by atoms with Crippen LogP contribution < -0.4 is 28.4 Å². The Morgan fingerprint density at radius 2 is 0.489 bits per heavy atom. The molecule has 0 atom stereocenters. The number of rotatable bonds is 25. The molecule has 0 N–H and O–H groups in total. The Morgan fingerprint density at radius 3 is 0.716 bits per heavy atom. The lowest BCUT2D eigenvalue weighted by atomic mass is 9.83. The van der Waals surface area contributed by atoms with Crippen molar-refractivity contribution in [3.05, 3.63) is 309 Å². The molecule has 0 fully saturated rings. The molecule has 0 unspecified atom stereocenters. The van der Waals surface area contributed by atoms with Gasteiger partial charge in [0.05, 0.1) is 22.2 Å². The molecule has 10 heteroatoms. The zero-order valence-corrected chi connectivity index (χ0v) is 50.3. The molecule has 0 amide bonds. The predicted octanol–water partition coefficient (Wildman–Crippen LogP) is 17.1. The first kappa shape index (κ1) is 58.3. The van der Waals surface area contributed by atoms with E-state index in [0.717, 1.165) is 55.6 Å². The van der Waals surface area contributed by atoms with Gasteiger partial charge in [-0.15, -0.1) is 0 Å². The summed E-state index contributed by atoms with van der Waals surface area (Å²) >= 11 is 0. The van der Waals surface area contributed by atoms with Gasteiger partial charge in [-0.2, -0.15) is 0 Å². The molecule has 10 aromatic rings. The fourth-order valence-corrected chi connectivity index (χ4v) is 11.0. The monoisotopic (exact) mass is 1160 g/mol. The molecule has 2 aliphatic rings. The van der Waals surface area contributed by atoms with Crippen LogP contribution in [0.3, 0.4) is 0 Å². The third kappa shape index (κ3) is 14.1. The molecular weight excluding hydrogens is 1090 g/mol. The van der Waals surface area contributed by atoms with Gasteiger partial charge in [-0.3, -0.25) is 0 Å². The van der Waals surface area contributed by atoms with Gasteiger partial charge in [0, 0.05) is 35.1 Å². The molecule has 88 heavy (non-hydrogen) atoms. The molecule has 10 aromatic carbocycles. The summed E-state index contributed by atoms with van der Waals surface area (Å²) in [6.45, 7) is 9.89. The number of benzene rings is 10. The Bertz CT molecular complexity index is 3730. The van der Waals surface area contributed by atoms with Crippen molar-refractivity contribution in [1.29, 1.82) is 0 Å². The zero-order valence-electron chi connectivity index (χ0n) is 50.3. The molecule has 10 nitrogen and oxygen atoms in total. The van der Waals surface area contributed by atoms with Gasteiger partial charge in [-0.05, 0) is 72.2 Å². The average molecular weight is 1170 g/mol. The van der Waals surface area contributed by atoms with Crippen LogP contribution in [-0.4, -0.2) is 36.1 Å². The maximum absolute atomic E-state index is 7.66. The molecule has 0 aromatic heterocycles. The SMILES string of the molecule is CC1(C)COC(c2c(Cc3ccccc3)c(OCc3ccccc3)c(OCc3ccccc3)c(OCc3ccccc3)c2-c2c(OCc3ccccc3)c(OCc3ccccc3)c(OCc3ccccc3)c(Cc3ccccc3)c2C2=NC(C)(C)CO2)=N1. The van der Waals surface area contributed by atoms with Crippen LogP contribution in [0.15, 0.2) is 253 Å². The summed E-state index contributed by atoms with van der Waals surface area (Å²) in [7, 11) is 0. The molecule has 2 aliphatic heterocycles. The van der Waals surface area contributed by atoms with E-state index in [-0.39, 0.29) is 39.6 Å². The lowest BCUT2D eigenvalue weighted by molar-refractivity contribution is 0.226. The Labute approximate surface area is 516 Å². The van der Waals surface area contributed by atoms with Gasteiger partial charge in [-0.1, -0.05) is 243 Å². The minimum absolute atomic E-state index is 0.122. The summed E-state index contributed by atoms with van der Waals surface area (Å²) in [5.74, 6) is 3.17. The Balaban J connectivity index is 1.29. The number of aliphatic imine (C=N–C) groups is 2. The van der Waals surface area contributed by atoms with Gasteiger partial charge < -0.3 is 37.9 Å². The fraction of sp³-hybridized carbons (Fsp3) is 0.205. The highest BCUT2D eigenvalue weighted by molar-refractivity contribution is 6.13. The van der Waals surface area contributed by atoms with Crippen LogP contribution in [0.5, 0.6) is 34.5 Å². The van der Waals surface area contributed by atoms with Crippen molar-refractivity contribution >= 4 is 11.8 Å². The van der Waals surface area contributed by atoms with Gasteiger partial charge in [0.15, 0.2) is 23.0 Å². The second-order valence-corrected chi connectivity index (χ2v) is 23.4. The third-order valence-corrected chi connectivity index (χ3v) is 15.3. The quantitative estimate of drug-likeness (QED) is 0.0558. The number of nitrogens with zero attached hydrogens (tertiary/aromatic N) is 2. The summed E-state index contributed by atoms with van der Waals surface area (Å²) in [6, 6.07) is 81.8. The molecule has 0 spiro atoms. The van der Waals surface area contributed by atoms with E-state index in [1.54, 1.807) is 0 Å². The van der Waals surface area contributed by atoms with Crippen molar-refractivity contribution in [3.8, 4) is 45.6 Å². The second kappa shape index (κ2) is 27.1. The first-order chi connectivity index (χ1) is 43.1. The molecule has 442 valence electrons. The van der Waals surface area contributed by atoms with Gasteiger partial charge in [-0.25, -0.2) is 9.98 Å². The minimum atomic E-state index is -0.648. The first-order valence-corrected chi connectivity index (χ1v) is 30.1. The van der Waals surface area contributed by atoms with Crippen LogP contribution in [0.1, 0.15) is 94.5 Å². The minimum Gasteiger partial charge on any atom is -0.485 e. The Hall–Kier alpha value is -10.1. The highest BCUT2D eigenvalue weighted by atomic mass is 16.6. The zero-order chi connectivity index (χ0) is 60.1. The van der Waals surface area contributed by atoms with Crippen molar-refractivity contribution in [2.24, 2.45) is 9.98 Å². The topological polar surface area (TPSA) is 98.6 Å². The molecule has 0 bridgehead atoms. The Kier molecular flexibility index (Phi) is 18.0. The smallest absolute Gasteiger partial charge is 0.218 e. The van der Waals surface area contributed by atoms with Crippen LogP contribution in [0, 0.1) is 0 Å². The molecule has 12 rings (SSSR count). The summed E-state index contributed by atoms with van der Waals surface area (Å²) in [6.07, 6.45) is 0.701. The average Bonchev–Trinajstić information content (AvgIpc) is 1.06. The Morgan fingerprint density at radius 1 is 0.273 bits per heavy atom.